The highest BCUT2D eigenvalue weighted by Gasteiger charge is 2.30. The summed E-state index contributed by atoms with van der Waals surface area (Å²) < 4.78 is 0. The zero-order chi connectivity index (χ0) is 23.4. The van der Waals surface area contributed by atoms with Crippen LogP contribution in [0.3, 0.4) is 0 Å². The van der Waals surface area contributed by atoms with Crippen LogP contribution in [0.2, 0.25) is 0 Å². The van der Waals surface area contributed by atoms with Gasteiger partial charge < -0.3 is 37.0 Å². The van der Waals surface area contributed by atoms with Crippen LogP contribution in [0.5, 0.6) is 0 Å². The van der Waals surface area contributed by atoms with Crippen molar-refractivity contribution in [3.05, 3.63) is 0 Å². The van der Waals surface area contributed by atoms with Gasteiger partial charge in [0.1, 0.15) is 18.1 Å². The first-order valence-corrected chi connectivity index (χ1v) is 9.74. The van der Waals surface area contributed by atoms with E-state index in [4.69, 9.17) is 21.1 Å². The average molecular weight is 469 g/mol. The smallest absolute Gasteiger partial charge is 0.327 e. The zero-order valence-electron chi connectivity index (χ0n) is 15.6. The Morgan fingerprint density at radius 2 is 1.20 bits per heavy atom. The maximum absolute atomic E-state index is 12.4. The minimum absolute atomic E-state index is 0.188. The third-order valence-electron chi connectivity index (χ3n) is 3.63. The van der Waals surface area contributed by atoms with Crippen molar-refractivity contribution in [2.75, 3.05) is 11.5 Å². The number of carbonyl (C=O) groups excluding carboxylic acids is 3. The molecule has 0 aromatic carbocycles. The highest BCUT2D eigenvalue weighted by Crippen LogP contribution is 2.01. The number of nitrogens with one attached hydrogen (secondary N) is 3. The van der Waals surface area contributed by atoms with Gasteiger partial charge in [0.05, 0.1) is 12.5 Å². The number of nitrogens with two attached hydrogens (primary N) is 1. The number of hydrogen-bond donors (Lipinski definition) is 9. The van der Waals surface area contributed by atoms with E-state index < -0.39 is 66.2 Å². The summed E-state index contributed by atoms with van der Waals surface area (Å²) in [6.45, 7) is 0. The van der Waals surface area contributed by atoms with Crippen LogP contribution in [0.1, 0.15) is 19.3 Å². The van der Waals surface area contributed by atoms with Gasteiger partial charge in [0.25, 0.3) is 0 Å². The van der Waals surface area contributed by atoms with Gasteiger partial charge in [-0.1, -0.05) is 0 Å². The molecule has 0 saturated heterocycles. The maximum Gasteiger partial charge on any atom is 0.327 e. The highest BCUT2D eigenvalue weighted by atomic mass is 32.1. The van der Waals surface area contributed by atoms with Crippen molar-refractivity contribution in [3.63, 3.8) is 0 Å². The van der Waals surface area contributed by atoms with Crippen LogP contribution in [0.25, 0.3) is 0 Å². The van der Waals surface area contributed by atoms with Crippen LogP contribution in [-0.4, -0.2) is 86.6 Å². The van der Waals surface area contributed by atoms with E-state index in [9.17, 15) is 28.8 Å². The second kappa shape index (κ2) is 13.7. The van der Waals surface area contributed by atoms with Gasteiger partial charge in [-0.15, -0.1) is 0 Å². The number of carboxylic acid groups (broad SMARTS) is 3. The van der Waals surface area contributed by atoms with Crippen LogP contribution in [-0.2, 0) is 28.8 Å². The van der Waals surface area contributed by atoms with Crippen molar-refractivity contribution < 1.29 is 44.1 Å². The van der Waals surface area contributed by atoms with E-state index in [1.165, 1.54) is 0 Å². The van der Waals surface area contributed by atoms with Crippen LogP contribution in [0.15, 0.2) is 0 Å². The van der Waals surface area contributed by atoms with Gasteiger partial charge in [0.15, 0.2) is 0 Å². The Morgan fingerprint density at radius 3 is 1.63 bits per heavy atom. The fourth-order valence-corrected chi connectivity index (χ4v) is 2.50. The molecule has 0 bridgehead atoms. The molecule has 0 rings (SSSR count). The first-order chi connectivity index (χ1) is 13.9. The van der Waals surface area contributed by atoms with Crippen molar-refractivity contribution in [1.29, 1.82) is 0 Å². The van der Waals surface area contributed by atoms with E-state index in [1.807, 2.05) is 5.32 Å². The van der Waals surface area contributed by atoms with Crippen molar-refractivity contribution >= 4 is 60.9 Å². The largest absolute Gasteiger partial charge is 0.481 e. The number of hydrogen-bond acceptors (Lipinski definition) is 9. The van der Waals surface area contributed by atoms with E-state index in [2.05, 4.69) is 35.9 Å². The van der Waals surface area contributed by atoms with Crippen LogP contribution < -0.4 is 21.7 Å². The number of carboxylic acids is 3. The molecule has 0 fully saturated rings. The third kappa shape index (κ3) is 10.3. The summed E-state index contributed by atoms with van der Waals surface area (Å²) in [7, 11) is 0. The van der Waals surface area contributed by atoms with Gasteiger partial charge in [0, 0.05) is 17.9 Å². The minimum Gasteiger partial charge on any atom is -0.481 e. The van der Waals surface area contributed by atoms with Crippen molar-refractivity contribution in [3.8, 4) is 0 Å². The number of thiol groups is 2. The fraction of sp³-hybridized carbons (Fsp3) is 0.600. The van der Waals surface area contributed by atoms with Gasteiger partial charge in [0.2, 0.25) is 17.7 Å². The molecule has 0 aliphatic rings. The number of aliphatic carboxylic acids is 3. The van der Waals surface area contributed by atoms with Crippen molar-refractivity contribution in [2.24, 2.45) is 5.73 Å². The van der Waals surface area contributed by atoms with Crippen molar-refractivity contribution in [2.45, 2.75) is 43.4 Å². The molecule has 0 heterocycles. The quantitative estimate of drug-likeness (QED) is 0.118. The van der Waals surface area contributed by atoms with E-state index in [0.29, 0.717) is 0 Å². The molecule has 170 valence electrons. The van der Waals surface area contributed by atoms with E-state index in [-0.39, 0.29) is 24.3 Å². The third-order valence-corrected chi connectivity index (χ3v) is 4.36. The topological polar surface area (TPSA) is 225 Å². The summed E-state index contributed by atoms with van der Waals surface area (Å²) in [6, 6.07) is -5.60. The molecule has 4 atom stereocenters. The Kier molecular flexibility index (Phi) is 12.5. The summed E-state index contributed by atoms with van der Waals surface area (Å²) in [5, 5.41) is 32.9. The number of carbonyl (C=O) groups is 6. The predicted octanol–water partition coefficient (Wildman–Crippen LogP) is -2.95. The second-order valence-corrected chi connectivity index (χ2v) is 6.75. The molecule has 0 spiro atoms. The van der Waals surface area contributed by atoms with Crippen LogP contribution in [0, 0.1) is 0 Å². The summed E-state index contributed by atoms with van der Waals surface area (Å²) in [5.74, 6) is -7.43. The first-order valence-electron chi connectivity index (χ1n) is 8.47. The van der Waals surface area contributed by atoms with Gasteiger partial charge in [-0.2, -0.15) is 25.3 Å². The Bertz CT molecular complexity index is 676. The second-order valence-electron chi connectivity index (χ2n) is 6.02. The van der Waals surface area contributed by atoms with E-state index >= 15 is 0 Å². The summed E-state index contributed by atoms with van der Waals surface area (Å²) in [4.78, 5) is 69.1. The molecule has 30 heavy (non-hydrogen) atoms. The number of amides is 3. The average Bonchev–Trinajstić information content (AvgIpc) is 2.66. The molecule has 13 nitrogen and oxygen atoms in total. The Labute approximate surface area is 181 Å². The number of rotatable bonds is 14. The maximum atomic E-state index is 12.4. The molecule has 15 heteroatoms. The summed E-state index contributed by atoms with van der Waals surface area (Å²) >= 11 is 7.68. The molecule has 0 aliphatic heterocycles. The SMILES string of the molecule is N[C@@H](CCC(=O)O)C(=O)N[C@@H](CS)C(=O)N[C@@H](CC(=O)O)C(=O)N[C@@H](CS)C(=O)O. The monoisotopic (exact) mass is 468 g/mol. The summed E-state index contributed by atoms with van der Waals surface area (Å²) in [6.07, 6.45) is -1.42. The highest BCUT2D eigenvalue weighted by molar-refractivity contribution is 7.80. The summed E-state index contributed by atoms with van der Waals surface area (Å²) in [5.41, 5.74) is 5.55. The molecular weight excluding hydrogens is 444 g/mol. The molecule has 0 radical (unpaired) electrons. The fourth-order valence-electron chi connectivity index (χ4n) is 2.00. The van der Waals surface area contributed by atoms with Gasteiger partial charge >= 0.3 is 17.9 Å². The van der Waals surface area contributed by atoms with Gasteiger partial charge in [-0.05, 0) is 6.42 Å². The van der Waals surface area contributed by atoms with Gasteiger partial charge in [-0.3, -0.25) is 24.0 Å². The Balaban J connectivity index is 5.14. The van der Waals surface area contributed by atoms with Crippen molar-refractivity contribution in [1.82, 2.24) is 16.0 Å². The lowest BCUT2D eigenvalue weighted by Crippen LogP contribution is -2.58. The molecule has 0 aromatic rings. The lowest BCUT2D eigenvalue weighted by atomic mass is 10.1. The Morgan fingerprint density at radius 1 is 0.733 bits per heavy atom. The zero-order valence-corrected chi connectivity index (χ0v) is 17.4. The molecule has 0 aromatic heterocycles. The lowest BCUT2D eigenvalue weighted by Gasteiger charge is -2.23. The molecule has 3 amide bonds. The van der Waals surface area contributed by atoms with E-state index in [0.717, 1.165) is 0 Å². The normalized spacial score (nSPS) is 14.5. The van der Waals surface area contributed by atoms with Gasteiger partial charge in [-0.25, -0.2) is 4.79 Å². The molecule has 0 saturated carbocycles. The first kappa shape index (κ1) is 27.5. The predicted molar refractivity (Wildman–Crippen MR) is 108 cm³/mol. The standard InChI is InChI=1S/C15H24N4O9S2/c16-6(1-2-10(20)21)12(24)18-8(4-29)14(26)17-7(3-11(22)23)13(25)19-9(5-30)15(27)28/h6-9,29-30H,1-5,16H2,(H,17,26)(H,18,24)(H,19,25)(H,20,21)(H,22,23)(H,27,28)/t6-,7-,8-,9-/m0/s1. The molecule has 8 N–H and O–H groups in total. The van der Waals surface area contributed by atoms with Crippen LogP contribution >= 0.6 is 25.3 Å². The molecule has 0 aliphatic carbocycles. The minimum atomic E-state index is -1.64. The molecule has 0 unspecified atom stereocenters. The Hall–Kier alpha value is -2.52. The lowest BCUT2D eigenvalue weighted by molar-refractivity contribution is -0.143. The molecular formula is C15H24N4O9S2. The van der Waals surface area contributed by atoms with Crippen LogP contribution in [0.4, 0.5) is 0 Å². The van der Waals surface area contributed by atoms with E-state index in [1.54, 1.807) is 0 Å².